The summed E-state index contributed by atoms with van der Waals surface area (Å²) in [7, 11) is 0. The molecule has 2 unspecified atom stereocenters. The summed E-state index contributed by atoms with van der Waals surface area (Å²) in [5, 5.41) is 10.5. The molecule has 1 aromatic rings. The van der Waals surface area contributed by atoms with Crippen LogP contribution in [0.15, 0.2) is 22.7 Å². The van der Waals surface area contributed by atoms with E-state index in [0.717, 1.165) is 28.6 Å². The highest BCUT2D eigenvalue weighted by atomic mass is 79.9. The van der Waals surface area contributed by atoms with E-state index in [-0.39, 0.29) is 0 Å². The minimum Gasteiger partial charge on any atom is -0.494 e. The molecule has 0 saturated carbocycles. The van der Waals surface area contributed by atoms with Crippen LogP contribution in [0.2, 0.25) is 0 Å². The monoisotopic (exact) mass is 328 g/mol. The number of hydrogen-bond donors (Lipinski definition) is 1. The van der Waals surface area contributed by atoms with Crippen LogP contribution >= 0.6 is 15.9 Å². The average molecular weight is 329 g/mol. The Hall–Kier alpha value is -0.540. The maximum absolute atomic E-state index is 10.5. The lowest BCUT2D eigenvalue weighted by atomic mass is 9.89. The van der Waals surface area contributed by atoms with Crippen molar-refractivity contribution in [2.24, 2.45) is 5.92 Å². The lowest BCUT2D eigenvalue weighted by Gasteiger charge is -2.23. The molecular weight excluding hydrogens is 304 g/mol. The molecule has 0 radical (unpaired) electrons. The fourth-order valence-corrected chi connectivity index (χ4v) is 2.90. The topological polar surface area (TPSA) is 29.5 Å². The van der Waals surface area contributed by atoms with Gasteiger partial charge < -0.3 is 9.84 Å². The summed E-state index contributed by atoms with van der Waals surface area (Å²) in [6.07, 6.45) is 4.02. The van der Waals surface area contributed by atoms with Gasteiger partial charge in [0.1, 0.15) is 5.75 Å². The molecule has 0 amide bonds. The van der Waals surface area contributed by atoms with Crippen LogP contribution in [0, 0.1) is 5.92 Å². The van der Waals surface area contributed by atoms with Gasteiger partial charge in [-0.15, -0.1) is 0 Å². The Morgan fingerprint density at radius 1 is 1.26 bits per heavy atom. The van der Waals surface area contributed by atoms with Crippen molar-refractivity contribution in [3.63, 3.8) is 0 Å². The number of halogens is 1. The fourth-order valence-electron chi connectivity index (χ4n) is 2.31. The number of hydrogen-bond acceptors (Lipinski definition) is 2. The van der Waals surface area contributed by atoms with Crippen LogP contribution in [-0.2, 0) is 0 Å². The predicted molar refractivity (Wildman–Crippen MR) is 83.6 cm³/mol. The van der Waals surface area contributed by atoms with E-state index < -0.39 is 6.10 Å². The van der Waals surface area contributed by atoms with Gasteiger partial charge in [0.25, 0.3) is 0 Å². The van der Waals surface area contributed by atoms with E-state index in [1.54, 1.807) is 0 Å². The summed E-state index contributed by atoms with van der Waals surface area (Å²) < 4.78 is 6.39. The third-order valence-electron chi connectivity index (χ3n) is 3.50. The lowest BCUT2D eigenvalue weighted by molar-refractivity contribution is 0.0982. The van der Waals surface area contributed by atoms with E-state index in [1.807, 2.05) is 25.1 Å². The predicted octanol–water partition coefficient (Wildman–Crippen LogP) is 5.10. The van der Waals surface area contributed by atoms with Gasteiger partial charge in [0.15, 0.2) is 0 Å². The normalized spacial score (nSPS) is 14.2. The first-order chi connectivity index (χ1) is 9.13. The molecule has 0 fully saturated rings. The molecule has 2 atom stereocenters. The zero-order valence-corrected chi connectivity index (χ0v) is 13.7. The summed E-state index contributed by atoms with van der Waals surface area (Å²) in [6.45, 7) is 6.95. The molecule has 0 aliphatic carbocycles. The van der Waals surface area contributed by atoms with E-state index in [0.29, 0.717) is 12.5 Å². The molecule has 1 aromatic carbocycles. The first kappa shape index (κ1) is 16.5. The fraction of sp³-hybridized carbons (Fsp3) is 0.625. The number of benzene rings is 1. The summed E-state index contributed by atoms with van der Waals surface area (Å²) in [5.74, 6) is 1.17. The Bertz CT molecular complexity index is 379. The molecule has 2 nitrogen and oxygen atoms in total. The second-order valence-electron chi connectivity index (χ2n) is 4.87. The number of ether oxygens (including phenoxy) is 1. The Morgan fingerprint density at radius 2 is 2.00 bits per heavy atom. The highest BCUT2D eigenvalue weighted by molar-refractivity contribution is 9.10. The third kappa shape index (κ3) is 4.81. The smallest absolute Gasteiger partial charge is 0.120 e. The molecule has 108 valence electrons. The van der Waals surface area contributed by atoms with Crippen LogP contribution in [-0.4, -0.2) is 11.7 Å². The van der Waals surface area contributed by atoms with Gasteiger partial charge >= 0.3 is 0 Å². The summed E-state index contributed by atoms with van der Waals surface area (Å²) >= 11 is 3.54. The maximum Gasteiger partial charge on any atom is 0.120 e. The molecule has 0 saturated heterocycles. The minimum atomic E-state index is -0.401. The van der Waals surface area contributed by atoms with Crippen LogP contribution in [0.3, 0.4) is 0 Å². The van der Waals surface area contributed by atoms with Gasteiger partial charge in [-0.1, -0.05) is 55.1 Å². The molecule has 0 heterocycles. The van der Waals surface area contributed by atoms with E-state index >= 15 is 0 Å². The van der Waals surface area contributed by atoms with E-state index in [1.165, 1.54) is 12.8 Å². The van der Waals surface area contributed by atoms with Crippen LogP contribution < -0.4 is 4.74 Å². The second-order valence-corrected chi connectivity index (χ2v) is 5.73. The van der Waals surface area contributed by atoms with Crippen LogP contribution in [0.4, 0.5) is 0 Å². The third-order valence-corrected chi connectivity index (χ3v) is 4.19. The summed E-state index contributed by atoms with van der Waals surface area (Å²) in [6, 6.07) is 5.84. The highest BCUT2D eigenvalue weighted by Gasteiger charge is 2.21. The molecule has 0 bridgehead atoms. The number of unbranched alkanes of at least 4 members (excludes halogenated alkanes) is 1. The van der Waals surface area contributed by atoms with Gasteiger partial charge in [-0.3, -0.25) is 0 Å². The number of rotatable bonds is 8. The van der Waals surface area contributed by atoms with Gasteiger partial charge in [0.2, 0.25) is 0 Å². The Balaban J connectivity index is 2.82. The average Bonchev–Trinajstić information content (AvgIpc) is 2.40. The van der Waals surface area contributed by atoms with E-state index in [2.05, 4.69) is 29.8 Å². The van der Waals surface area contributed by atoms with Crippen LogP contribution in [0.25, 0.3) is 0 Å². The first-order valence-electron chi connectivity index (χ1n) is 7.24. The van der Waals surface area contributed by atoms with Crippen molar-refractivity contribution in [2.75, 3.05) is 6.61 Å². The van der Waals surface area contributed by atoms with Crippen molar-refractivity contribution in [1.29, 1.82) is 0 Å². The Labute approximate surface area is 125 Å². The van der Waals surface area contributed by atoms with Crippen molar-refractivity contribution < 1.29 is 9.84 Å². The minimum absolute atomic E-state index is 0.328. The molecule has 1 rings (SSSR count). The Morgan fingerprint density at radius 3 is 2.53 bits per heavy atom. The molecule has 19 heavy (non-hydrogen) atoms. The molecule has 1 N–H and O–H groups in total. The van der Waals surface area contributed by atoms with Gasteiger partial charge in [0.05, 0.1) is 12.7 Å². The van der Waals surface area contributed by atoms with E-state index in [4.69, 9.17) is 4.74 Å². The second kappa shape index (κ2) is 8.60. The summed E-state index contributed by atoms with van der Waals surface area (Å²) in [4.78, 5) is 0. The van der Waals surface area contributed by atoms with Crippen molar-refractivity contribution >= 4 is 15.9 Å². The van der Waals surface area contributed by atoms with Crippen molar-refractivity contribution in [3.05, 3.63) is 28.2 Å². The van der Waals surface area contributed by atoms with Gasteiger partial charge in [-0.25, -0.2) is 0 Å². The maximum atomic E-state index is 10.5. The zero-order valence-electron chi connectivity index (χ0n) is 12.2. The lowest BCUT2D eigenvalue weighted by Crippen LogP contribution is -2.12. The molecule has 0 spiro atoms. The quantitative estimate of drug-likeness (QED) is 0.719. The SMILES string of the molecule is CCCCC(CC)C(O)c1ccc(OCC)cc1Br. The molecule has 0 aliphatic rings. The molecule has 0 aliphatic heterocycles. The van der Waals surface area contributed by atoms with Gasteiger partial charge in [-0.2, -0.15) is 0 Å². The standard InChI is InChI=1S/C16H25BrO2/c1-4-7-8-12(5-2)16(18)14-10-9-13(19-6-3)11-15(14)17/h9-12,16,18H,4-8H2,1-3H3. The van der Waals surface area contributed by atoms with Crippen molar-refractivity contribution in [2.45, 2.75) is 52.6 Å². The van der Waals surface area contributed by atoms with Crippen molar-refractivity contribution in [3.8, 4) is 5.75 Å². The molecular formula is C16H25BrO2. The van der Waals surface area contributed by atoms with Gasteiger partial charge in [0, 0.05) is 4.47 Å². The number of aliphatic hydroxyl groups excluding tert-OH is 1. The largest absolute Gasteiger partial charge is 0.494 e. The zero-order chi connectivity index (χ0) is 14.3. The van der Waals surface area contributed by atoms with Crippen LogP contribution in [0.5, 0.6) is 5.75 Å². The molecule has 0 aromatic heterocycles. The number of aliphatic hydroxyl groups is 1. The Kier molecular flexibility index (Phi) is 7.47. The summed E-state index contributed by atoms with van der Waals surface area (Å²) in [5.41, 5.74) is 0.964. The van der Waals surface area contributed by atoms with Crippen molar-refractivity contribution in [1.82, 2.24) is 0 Å². The van der Waals surface area contributed by atoms with E-state index in [9.17, 15) is 5.11 Å². The highest BCUT2D eigenvalue weighted by Crippen LogP contribution is 2.34. The van der Waals surface area contributed by atoms with Crippen LogP contribution in [0.1, 0.15) is 58.1 Å². The van der Waals surface area contributed by atoms with Gasteiger partial charge in [-0.05, 0) is 37.0 Å². The molecule has 3 heteroatoms. The first-order valence-corrected chi connectivity index (χ1v) is 8.03.